The molecule has 2 unspecified atom stereocenters. The number of hydrogen-bond donors (Lipinski definition) is 3. The van der Waals surface area contributed by atoms with Gasteiger partial charge in [0, 0.05) is 12.8 Å². The summed E-state index contributed by atoms with van der Waals surface area (Å²) in [6.45, 7) is 4.95. The molecule has 0 heterocycles. The fourth-order valence-corrected chi connectivity index (χ4v) is 10.4. The second kappa shape index (κ2) is 62.9. The summed E-state index contributed by atoms with van der Waals surface area (Å²) in [4.78, 5) is 24.6. The molecular formula is C67H129NO5. The molecule has 73 heavy (non-hydrogen) atoms. The lowest BCUT2D eigenvalue weighted by Crippen LogP contribution is -2.45. The van der Waals surface area contributed by atoms with Crippen LogP contribution < -0.4 is 5.32 Å². The molecule has 0 spiro atoms. The standard InChI is InChI=1S/C67H129NO5/c1-3-5-7-9-11-13-15-17-19-21-23-24-25-27-28-31-35-39-43-47-51-55-59-65(70)64(63-69)68-66(71)60-56-52-48-44-40-36-32-30-34-38-42-46-50-54-58-62-73-67(72)61-57-53-49-45-41-37-33-29-26-22-20-18-16-14-12-10-8-6-4-2/h18,20,34,38,64-65,69-70H,3-17,19,21-33,35-37,39-63H2,1-2H3,(H,68,71)/b20-18-,38-34-. The van der Waals surface area contributed by atoms with Crippen LogP contribution in [0.2, 0.25) is 0 Å². The van der Waals surface area contributed by atoms with Crippen molar-refractivity contribution in [3.63, 3.8) is 0 Å². The van der Waals surface area contributed by atoms with Gasteiger partial charge < -0.3 is 20.3 Å². The first kappa shape index (κ1) is 71.3. The van der Waals surface area contributed by atoms with Crippen molar-refractivity contribution in [3.8, 4) is 0 Å². The van der Waals surface area contributed by atoms with E-state index < -0.39 is 12.1 Å². The number of unbranched alkanes of at least 4 members (excludes halogenated alkanes) is 47. The molecule has 0 aliphatic heterocycles. The van der Waals surface area contributed by atoms with Gasteiger partial charge in [0.2, 0.25) is 5.91 Å². The predicted molar refractivity (Wildman–Crippen MR) is 320 cm³/mol. The second-order valence-corrected chi connectivity index (χ2v) is 22.8. The highest BCUT2D eigenvalue weighted by molar-refractivity contribution is 5.76. The van der Waals surface area contributed by atoms with E-state index in [0.717, 1.165) is 70.6 Å². The summed E-state index contributed by atoms with van der Waals surface area (Å²) in [6.07, 6.45) is 77.7. The number of carbonyl (C=O) groups is 2. The minimum absolute atomic E-state index is 0.00940. The molecule has 0 bridgehead atoms. The number of ether oxygens (including phenoxy) is 1. The van der Waals surface area contributed by atoms with Crippen molar-refractivity contribution < 1.29 is 24.5 Å². The summed E-state index contributed by atoms with van der Waals surface area (Å²) >= 11 is 0. The Morgan fingerprint density at radius 2 is 0.644 bits per heavy atom. The summed E-state index contributed by atoms with van der Waals surface area (Å²) < 4.78 is 5.48. The summed E-state index contributed by atoms with van der Waals surface area (Å²) in [5, 5.41) is 23.4. The predicted octanol–water partition coefficient (Wildman–Crippen LogP) is 21.0. The van der Waals surface area contributed by atoms with E-state index in [0.29, 0.717) is 25.9 Å². The molecule has 0 aromatic rings. The minimum Gasteiger partial charge on any atom is -0.466 e. The largest absolute Gasteiger partial charge is 0.466 e. The van der Waals surface area contributed by atoms with Gasteiger partial charge in [0.15, 0.2) is 0 Å². The van der Waals surface area contributed by atoms with Crippen LogP contribution in [0.15, 0.2) is 24.3 Å². The second-order valence-electron chi connectivity index (χ2n) is 22.8. The molecule has 0 radical (unpaired) electrons. The molecule has 0 aromatic carbocycles. The Morgan fingerprint density at radius 1 is 0.370 bits per heavy atom. The molecule has 1 amide bonds. The normalized spacial score (nSPS) is 12.7. The van der Waals surface area contributed by atoms with E-state index in [1.54, 1.807) is 0 Å². The topological polar surface area (TPSA) is 95.9 Å². The fraction of sp³-hybridized carbons (Fsp3) is 0.910. The number of aliphatic hydroxyl groups excluding tert-OH is 2. The van der Waals surface area contributed by atoms with Gasteiger partial charge in [0.05, 0.1) is 25.4 Å². The number of allylic oxidation sites excluding steroid dienone is 4. The van der Waals surface area contributed by atoms with Gasteiger partial charge in [-0.2, -0.15) is 0 Å². The Kier molecular flexibility index (Phi) is 61.4. The van der Waals surface area contributed by atoms with E-state index in [1.165, 1.54) is 263 Å². The van der Waals surface area contributed by atoms with Crippen molar-refractivity contribution >= 4 is 11.9 Å². The van der Waals surface area contributed by atoms with E-state index in [-0.39, 0.29) is 18.5 Å². The van der Waals surface area contributed by atoms with Gasteiger partial charge >= 0.3 is 5.97 Å². The number of aliphatic hydroxyl groups is 2. The van der Waals surface area contributed by atoms with E-state index in [2.05, 4.69) is 43.5 Å². The summed E-state index contributed by atoms with van der Waals surface area (Å²) in [6, 6.07) is -0.554. The zero-order chi connectivity index (χ0) is 52.9. The maximum absolute atomic E-state index is 12.5. The van der Waals surface area contributed by atoms with Gasteiger partial charge in [-0.05, 0) is 77.0 Å². The maximum Gasteiger partial charge on any atom is 0.305 e. The lowest BCUT2D eigenvalue weighted by atomic mass is 10.0. The van der Waals surface area contributed by atoms with Crippen molar-refractivity contribution in [1.29, 1.82) is 0 Å². The van der Waals surface area contributed by atoms with Crippen LogP contribution in [0, 0.1) is 0 Å². The molecular weight excluding hydrogens is 899 g/mol. The molecule has 0 aromatic heterocycles. The average Bonchev–Trinajstić information content (AvgIpc) is 3.39. The molecule has 3 N–H and O–H groups in total. The lowest BCUT2D eigenvalue weighted by Gasteiger charge is -2.22. The highest BCUT2D eigenvalue weighted by Crippen LogP contribution is 2.18. The van der Waals surface area contributed by atoms with Crippen LogP contribution in [0.1, 0.15) is 367 Å². The molecule has 0 fully saturated rings. The van der Waals surface area contributed by atoms with Gasteiger partial charge in [-0.15, -0.1) is 0 Å². The zero-order valence-corrected chi connectivity index (χ0v) is 49.4. The van der Waals surface area contributed by atoms with Crippen molar-refractivity contribution in [1.82, 2.24) is 5.32 Å². The van der Waals surface area contributed by atoms with Crippen LogP contribution in [0.5, 0.6) is 0 Å². The van der Waals surface area contributed by atoms with Crippen molar-refractivity contribution in [3.05, 3.63) is 24.3 Å². The average molecular weight is 1030 g/mol. The van der Waals surface area contributed by atoms with E-state index >= 15 is 0 Å². The van der Waals surface area contributed by atoms with Gasteiger partial charge in [-0.3, -0.25) is 9.59 Å². The van der Waals surface area contributed by atoms with Crippen molar-refractivity contribution in [2.45, 2.75) is 379 Å². The number of amides is 1. The molecule has 0 saturated carbocycles. The number of carbonyl (C=O) groups excluding carboxylic acids is 2. The lowest BCUT2D eigenvalue weighted by molar-refractivity contribution is -0.143. The summed E-state index contributed by atoms with van der Waals surface area (Å²) in [7, 11) is 0. The van der Waals surface area contributed by atoms with Crippen molar-refractivity contribution in [2.24, 2.45) is 0 Å². The first-order chi connectivity index (χ1) is 36.0. The number of nitrogens with one attached hydrogen (secondary N) is 1. The fourth-order valence-electron chi connectivity index (χ4n) is 10.4. The van der Waals surface area contributed by atoms with Gasteiger partial charge in [-0.25, -0.2) is 0 Å². The van der Waals surface area contributed by atoms with Crippen LogP contribution in [0.25, 0.3) is 0 Å². The highest BCUT2D eigenvalue weighted by Gasteiger charge is 2.20. The number of rotatable bonds is 62. The summed E-state index contributed by atoms with van der Waals surface area (Å²) in [5.41, 5.74) is 0. The first-order valence-electron chi connectivity index (χ1n) is 33.1. The van der Waals surface area contributed by atoms with Crippen LogP contribution in [-0.4, -0.2) is 47.4 Å². The third kappa shape index (κ3) is 59.4. The SMILES string of the molecule is CCCCCCCC/C=C\CCCCCCCCCCCC(=O)OCCCCCC/C=C\CCCCCCCCCC(=O)NC(CO)C(O)CCCCCCCCCCCCCCCCCCCCCCCC. The third-order valence-electron chi connectivity index (χ3n) is 15.5. The highest BCUT2D eigenvalue weighted by atomic mass is 16.5. The smallest absolute Gasteiger partial charge is 0.305 e. The van der Waals surface area contributed by atoms with Gasteiger partial charge in [-0.1, -0.05) is 301 Å². The Labute approximate surface area is 456 Å². The summed E-state index contributed by atoms with van der Waals surface area (Å²) in [5.74, 6) is -0.0558. The minimum atomic E-state index is -0.676. The Morgan fingerprint density at radius 3 is 0.973 bits per heavy atom. The molecule has 6 heteroatoms. The quantitative estimate of drug-likeness (QED) is 0.0320. The number of hydrogen-bond acceptors (Lipinski definition) is 5. The van der Waals surface area contributed by atoms with Crippen LogP contribution >= 0.6 is 0 Å². The molecule has 0 aliphatic rings. The van der Waals surface area contributed by atoms with Crippen LogP contribution in [-0.2, 0) is 14.3 Å². The maximum atomic E-state index is 12.5. The molecule has 6 nitrogen and oxygen atoms in total. The van der Waals surface area contributed by atoms with Crippen molar-refractivity contribution in [2.75, 3.05) is 13.2 Å². The van der Waals surface area contributed by atoms with Gasteiger partial charge in [0.25, 0.3) is 0 Å². The third-order valence-corrected chi connectivity index (χ3v) is 15.5. The first-order valence-corrected chi connectivity index (χ1v) is 33.1. The monoisotopic (exact) mass is 1030 g/mol. The zero-order valence-electron chi connectivity index (χ0n) is 49.4. The van der Waals surface area contributed by atoms with E-state index in [1.807, 2.05) is 0 Å². The van der Waals surface area contributed by atoms with Crippen LogP contribution in [0.4, 0.5) is 0 Å². The Hall–Kier alpha value is -1.66. The number of esters is 1. The molecule has 0 rings (SSSR count). The molecule has 2 atom stereocenters. The molecule has 432 valence electrons. The Bertz CT molecular complexity index is 1140. The van der Waals surface area contributed by atoms with E-state index in [4.69, 9.17) is 4.74 Å². The molecule has 0 saturated heterocycles. The molecule has 0 aliphatic carbocycles. The van der Waals surface area contributed by atoms with Crippen LogP contribution in [0.3, 0.4) is 0 Å². The Balaban J connectivity index is 3.45. The van der Waals surface area contributed by atoms with Gasteiger partial charge in [0.1, 0.15) is 0 Å². The van der Waals surface area contributed by atoms with E-state index in [9.17, 15) is 19.8 Å².